The van der Waals surface area contributed by atoms with Crippen LogP contribution in [0.2, 0.25) is 0 Å². The normalized spacial score (nSPS) is 24.2. The van der Waals surface area contributed by atoms with E-state index in [9.17, 15) is 9.59 Å². The average molecular weight is 306 g/mol. The second-order valence-electron chi connectivity index (χ2n) is 6.13. The van der Waals surface area contributed by atoms with Crippen molar-refractivity contribution in [2.24, 2.45) is 0 Å². The summed E-state index contributed by atoms with van der Waals surface area (Å²) in [5.41, 5.74) is 0. The lowest BCUT2D eigenvalue weighted by Gasteiger charge is -2.44. The molecule has 21 heavy (non-hydrogen) atoms. The van der Waals surface area contributed by atoms with Gasteiger partial charge in [0.2, 0.25) is 11.8 Å². The molecule has 114 valence electrons. The minimum Gasteiger partial charge on any atom is -0.329 e. The second-order valence-corrected chi connectivity index (χ2v) is 7.50. The lowest BCUT2D eigenvalue weighted by Crippen LogP contribution is -2.63. The number of fused-ring (bicyclic) bond motifs is 1. The van der Waals surface area contributed by atoms with Gasteiger partial charge < -0.3 is 9.80 Å². The molecule has 1 aromatic rings. The molecule has 4 nitrogen and oxygen atoms in total. The van der Waals surface area contributed by atoms with Crippen LogP contribution in [0, 0.1) is 6.92 Å². The SMILES string of the molecule is Cc1ccc(CC(C)N2CC(=O)N3CCCCC3C2=O)s1. The third kappa shape index (κ3) is 2.84. The summed E-state index contributed by atoms with van der Waals surface area (Å²) in [6, 6.07) is 4.12. The Labute approximate surface area is 129 Å². The van der Waals surface area contributed by atoms with Gasteiger partial charge in [-0.2, -0.15) is 0 Å². The highest BCUT2D eigenvalue weighted by Gasteiger charge is 2.41. The van der Waals surface area contributed by atoms with Crippen LogP contribution in [0.5, 0.6) is 0 Å². The van der Waals surface area contributed by atoms with Crippen molar-refractivity contribution < 1.29 is 9.59 Å². The molecule has 0 aromatic carbocycles. The van der Waals surface area contributed by atoms with Gasteiger partial charge in [-0.3, -0.25) is 9.59 Å². The molecule has 0 N–H and O–H groups in total. The predicted octanol–water partition coefficient (Wildman–Crippen LogP) is 2.21. The van der Waals surface area contributed by atoms with Crippen LogP contribution >= 0.6 is 11.3 Å². The first-order valence-corrected chi connectivity index (χ1v) is 8.53. The number of hydrogen-bond donors (Lipinski definition) is 0. The Morgan fingerprint density at radius 1 is 1.33 bits per heavy atom. The van der Waals surface area contributed by atoms with E-state index in [2.05, 4.69) is 26.0 Å². The van der Waals surface area contributed by atoms with Crippen molar-refractivity contribution in [1.29, 1.82) is 0 Å². The van der Waals surface area contributed by atoms with Crippen LogP contribution in [0.1, 0.15) is 35.9 Å². The molecule has 3 rings (SSSR count). The van der Waals surface area contributed by atoms with Gasteiger partial charge in [0.15, 0.2) is 0 Å². The smallest absolute Gasteiger partial charge is 0.246 e. The minimum atomic E-state index is -0.201. The molecule has 2 amide bonds. The summed E-state index contributed by atoms with van der Waals surface area (Å²) >= 11 is 1.77. The Hall–Kier alpha value is -1.36. The molecular formula is C16H22N2O2S. The van der Waals surface area contributed by atoms with Crippen molar-refractivity contribution in [3.8, 4) is 0 Å². The molecule has 0 bridgehead atoms. The van der Waals surface area contributed by atoms with Crippen LogP contribution in [-0.2, 0) is 16.0 Å². The van der Waals surface area contributed by atoms with Crippen LogP contribution in [-0.4, -0.2) is 46.8 Å². The molecule has 2 unspecified atom stereocenters. The molecule has 1 aromatic heterocycles. The van der Waals surface area contributed by atoms with Gasteiger partial charge in [0.25, 0.3) is 0 Å². The number of carbonyl (C=O) groups excluding carboxylic acids is 2. The van der Waals surface area contributed by atoms with Crippen LogP contribution in [0.3, 0.4) is 0 Å². The number of hydrogen-bond acceptors (Lipinski definition) is 3. The first kappa shape index (κ1) is 14.6. The topological polar surface area (TPSA) is 40.6 Å². The fourth-order valence-electron chi connectivity index (χ4n) is 3.36. The Kier molecular flexibility index (Phi) is 4.02. The molecule has 0 spiro atoms. The van der Waals surface area contributed by atoms with Gasteiger partial charge in [0.05, 0.1) is 0 Å². The van der Waals surface area contributed by atoms with E-state index < -0.39 is 0 Å². The molecule has 3 heterocycles. The zero-order valence-corrected chi connectivity index (χ0v) is 13.5. The highest BCUT2D eigenvalue weighted by Crippen LogP contribution is 2.26. The van der Waals surface area contributed by atoms with E-state index in [1.807, 2.05) is 0 Å². The van der Waals surface area contributed by atoms with E-state index in [0.29, 0.717) is 0 Å². The van der Waals surface area contributed by atoms with E-state index in [4.69, 9.17) is 0 Å². The molecule has 0 aliphatic carbocycles. The Balaban J connectivity index is 1.72. The van der Waals surface area contributed by atoms with Gasteiger partial charge in [-0.1, -0.05) is 0 Å². The molecule has 2 aliphatic heterocycles. The van der Waals surface area contributed by atoms with E-state index >= 15 is 0 Å². The van der Waals surface area contributed by atoms with Crippen LogP contribution in [0.4, 0.5) is 0 Å². The van der Waals surface area contributed by atoms with Crippen LogP contribution in [0.25, 0.3) is 0 Å². The van der Waals surface area contributed by atoms with Crippen molar-refractivity contribution in [2.45, 2.75) is 51.6 Å². The van der Waals surface area contributed by atoms with Crippen molar-refractivity contribution in [3.05, 3.63) is 21.9 Å². The number of amides is 2. The van der Waals surface area contributed by atoms with Crippen LogP contribution < -0.4 is 0 Å². The number of rotatable bonds is 3. The Bertz CT molecular complexity index is 554. The van der Waals surface area contributed by atoms with E-state index in [1.165, 1.54) is 9.75 Å². The molecule has 2 fully saturated rings. The molecular weight excluding hydrogens is 284 g/mol. The first-order chi connectivity index (χ1) is 10.1. The van der Waals surface area contributed by atoms with E-state index in [1.54, 1.807) is 21.1 Å². The van der Waals surface area contributed by atoms with Gasteiger partial charge in [-0.25, -0.2) is 0 Å². The first-order valence-electron chi connectivity index (χ1n) is 7.71. The number of thiophene rings is 1. The zero-order chi connectivity index (χ0) is 15.0. The molecule has 2 aliphatic rings. The van der Waals surface area contributed by atoms with E-state index in [0.717, 1.165) is 32.2 Å². The van der Waals surface area contributed by atoms with Gasteiger partial charge in [-0.05, 0) is 45.2 Å². The largest absolute Gasteiger partial charge is 0.329 e. The molecule has 5 heteroatoms. The average Bonchev–Trinajstić information content (AvgIpc) is 2.88. The van der Waals surface area contributed by atoms with Gasteiger partial charge in [-0.15, -0.1) is 11.3 Å². The molecule has 0 radical (unpaired) electrons. The summed E-state index contributed by atoms with van der Waals surface area (Å²) in [5.74, 6) is 0.267. The molecule has 2 atom stereocenters. The van der Waals surface area contributed by atoms with Gasteiger partial charge >= 0.3 is 0 Å². The zero-order valence-electron chi connectivity index (χ0n) is 12.7. The number of piperidine rings is 1. The number of aryl methyl sites for hydroxylation is 1. The maximum absolute atomic E-state index is 12.7. The Morgan fingerprint density at radius 3 is 2.86 bits per heavy atom. The van der Waals surface area contributed by atoms with Gasteiger partial charge in [0, 0.05) is 28.8 Å². The van der Waals surface area contributed by atoms with Gasteiger partial charge in [0.1, 0.15) is 12.6 Å². The van der Waals surface area contributed by atoms with Crippen molar-refractivity contribution in [1.82, 2.24) is 9.80 Å². The summed E-state index contributed by atoms with van der Waals surface area (Å²) in [6.07, 6.45) is 3.74. The standard InChI is InChI=1S/C16H22N2O2S/c1-11(9-13-7-6-12(2)21-13)18-10-15(19)17-8-4-3-5-14(17)16(18)20/h6-7,11,14H,3-5,8-10H2,1-2H3. The quantitative estimate of drug-likeness (QED) is 0.859. The predicted molar refractivity (Wildman–Crippen MR) is 83.3 cm³/mol. The highest BCUT2D eigenvalue weighted by molar-refractivity contribution is 7.11. The fourth-order valence-corrected chi connectivity index (χ4v) is 4.37. The lowest BCUT2D eigenvalue weighted by molar-refractivity contribution is -0.159. The molecule has 2 saturated heterocycles. The summed E-state index contributed by atoms with van der Waals surface area (Å²) < 4.78 is 0. The van der Waals surface area contributed by atoms with Crippen molar-refractivity contribution in [3.63, 3.8) is 0 Å². The summed E-state index contributed by atoms with van der Waals surface area (Å²) in [6.45, 7) is 5.15. The number of carbonyl (C=O) groups is 2. The third-order valence-corrected chi connectivity index (χ3v) is 5.54. The minimum absolute atomic E-state index is 0.0866. The van der Waals surface area contributed by atoms with Crippen molar-refractivity contribution in [2.75, 3.05) is 13.1 Å². The fraction of sp³-hybridized carbons (Fsp3) is 0.625. The second kappa shape index (κ2) is 5.79. The van der Waals surface area contributed by atoms with Crippen LogP contribution in [0.15, 0.2) is 12.1 Å². The summed E-state index contributed by atoms with van der Waals surface area (Å²) in [4.78, 5) is 31.1. The lowest BCUT2D eigenvalue weighted by atomic mass is 9.97. The molecule has 0 saturated carbocycles. The summed E-state index contributed by atoms with van der Waals surface area (Å²) in [5, 5.41) is 0. The Morgan fingerprint density at radius 2 is 2.14 bits per heavy atom. The van der Waals surface area contributed by atoms with E-state index in [-0.39, 0.29) is 30.4 Å². The highest BCUT2D eigenvalue weighted by atomic mass is 32.1. The number of nitrogens with zero attached hydrogens (tertiary/aromatic N) is 2. The maximum Gasteiger partial charge on any atom is 0.246 e. The third-order valence-electron chi connectivity index (χ3n) is 4.52. The van der Waals surface area contributed by atoms with Crippen molar-refractivity contribution >= 4 is 23.2 Å². The maximum atomic E-state index is 12.7. The summed E-state index contributed by atoms with van der Waals surface area (Å²) in [7, 11) is 0. The number of piperazine rings is 1. The monoisotopic (exact) mass is 306 g/mol.